The SMILES string of the molecule is O=C(CN1CCC(Cn2c(C(F)(F)F)nc3ccccc32)CC1)NCC1CCCO1. The summed E-state index contributed by atoms with van der Waals surface area (Å²) in [5.41, 5.74) is 0.880. The van der Waals surface area contributed by atoms with Gasteiger partial charge in [-0.2, -0.15) is 13.2 Å². The van der Waals surface area contributed by atoms with E-state index in [2.05, 4.69) is 15.2 Å². The Morgan fingerprint density at radius 1 is 1.20 bits per heavy atom. The molecule has 9 heteroatoms. The average Bonchev–Trinajstić information content (AvgIpc) is 3.36. The summed E-state index contributed by atoms with van der Waals surface area (Å²) in [7, 11) is 0. The predicted molar refractivity (Wildman–Crippen MR) is 106 cm³/mol. The molecule has 0 bridgehead atoms. The number of imidazole rings is 1. The summed E-state index contributed by atoms with van der Waals surface area (Å²) in [5.74, 6) is -0.738. The number of fused-ring (bicyclic) bond motifs is 1. The van der Waals surface area contributed by atoms with Gasteiger partial charge in [-0.15, -0.1) is 0 Å². The van der Waals surface area contributed by atoms with E-state index in [1.807, 2.05) is 0 Å². The van der Waals surface area contributed by atoms with Crippen molar-refractivity contribution in [2.75, 3.05) is 32.8 Å². The minimum atomic E-state index is -4.49. The molecule has 1 aromatic carbocycles. The lowest BCUT2D eigenvalue weighted by molar-refractivity contribution is -0.147. The number of benzene rings is 1. The predicted octanol–water partition coefficient (Wildman–Crippen LogP) is 3.06. The molecule has 0 radical (unpaired) electrons. The summed E-state index contributed by atoms with van der Waals surface area (Å²) in [4.78, 5) is 18.1. The van der Waals surface area contributed by atoms with Gasteiger partial charge in [0.15, 0.2) is 0 Å². The number of carbonyl (C=O) groups is 1. The second kappa shape index (κ2) is 8.93. The number of alkyl halides is 3. The Morgan fingerprint density at radius 2 is 1.97 bits per heavy atom. The van der Waals surface area contributed by atoms with Crippen LogP contribution in [0.15, 0.2) is 24.3 Å². The van der Waals surface area contributed by atoms with Gasteiger partial charge in [-0.1, -0.05) is 12.1 Å². The number of rotatable bonds is 6. The van der Waals surface area contributed by atoms with E-state index in [-0.39, 0.29) is 24.5 Å². The molecule has 2 fully saturated rings. The maximum Gasteiger partial charge on any atom is 0.449 e. The van der Waals surface area contributed by atoms with Gasteiger partial charge in [0.2, 0.25) is 11.7 Å². The zero-order valence-corrected chi connectivity index (χ0v) is 16.8. The lowest BCUT2D eigenvalue weighted by Gasteiger charge is -2.32. The van der Waals surface area contributed by atoms with Crippen LogP contribution in [0.1, 0.15) is 31.5 Å². The number of piperidine rings is 1. The van der Waals surface area contributed by atoms with Crippen LogP contribution in [0.2, 0.25) is 0 Å². The van der Waals surface area contributed by atoms with Crippen molar-refractivity contribution in [3.63, 3.8) is 0 Å². The van der Waals surface area contributed by atoms with E-state index in [4.69, 9.17) is 4.74 Å². The first kappa shape index (κ1) is 21.1. The molecule has 0 saturated carbocycles. The first-order valence-electron chi connectivity index (χ1n) is 10.5. The highest BCUT2D eigenvalue weighted by Gasteiger charge is 2.38. The number of amides is 1. The number of nitrogens with zero attached hydrogens (tertiary/aromatic N) is 3. The van der Waals surface area contributed by atoms with E-state index in [1.54, 1.807) is 24.3 Å². The van der Waals surface area contributed by atoms with Crippen LogP contribution in [-0.2, 0) is 22.3 Å². The Morgan fingerprint density at radius 3 is 2.67 bits per heavy atom. The molecule has 2 saturated heterocycles. The monoisotopic (exact) mass is 424 g/mol. The number of nitrogens with one attached hydrogen (secondary N) is 1. The molecule has 2 aromatic rings. The lowest BCUT2D eigenvalue weighted by atomic mass is 9.96. The van der Waals surface area contributed by atoms with Crippen molar-refractivity contribution in [1.82, 2.24) is 19.8 Å². The zero-order chi connectivity index (χ0) is 21.1. The molecule has 0 spiro atoms. The van der Waals surface area contributed by atoms with E-state index in [0.717, 1.165) is 32.3 Å². The van der Waals surface area contributed by atoms with Crippen LogP contribution in [0.25, 0.3) is 11.0 Å². The van der Waals surface area contributed by atoms with Crippen LogP contribution < -0.4 is 5.32 Å². The van der Waals surface area contributed by atoms with Crippen LogP contribution in [-0.4, -0.2) is 59.2 Å². The molecule has 1 amide bonds. The smallest absolute Gasteiger partial charge is 0.376 e. The first-order chi connectivity index (χ1) is 14.4. The number of ether oxygens (including phenoxy) is 1. The third-order valence-corrected chi connectivity index (χ3v) is 5.97. The normalized spacial score (nSPS) is 21.4. The zero-order valence-electron chi connectivity index (χ0n) is 16.8. The van der Waals surface area contributed by atoms with E-state index in [1.165, 1.54) is 4.57 Å². The van der Waals surface area contributed by atoms with Crippen molar-refractivity contribution in [3.8, 4) is 0 Å². The van der Waals surface area contributed by atoms with Crippen molar-refractivity contribution in [2.24, 2.45) is 5.92 Å². The second-order valence-corrected chi connectivity index (χ2v) is 8.19. The second-order valence-electron chi connectivity index (χ2n) is 8.19. The maximum atomic E-state index is 13.5. The summed E-state index contributed by atoms with van der Waals surface area (Å²) in [5, 5.41) is 2.92. The van der Waals surface area contributed by atoms with Crippen molar-refractivity contribution < 1.29 is 22.7 Å². The third kappa shape index (κ3) is 4.95. The van der Waals surface area contributed by atoms with Crippen LogP contribution in [0.5, 0.6) is 0 Å². The van der Waals surface area contributed by atoms with Crippen molar-refractivity contribution in [3.05, 3.63) is 30.1 Å². The molecule has 1 unspecified atom stereocenters. The molecule has 4 rings (SSSR count). The molecule has 2 aliphatic heterocycles. The van der Waals surface area contributed by atoms with Crippen LogP contribution >= 0.6 is 0 Å². The van der Waals surface area contributed by atoms with Gasteiger partial charge in [0.05, 0.1) is 23.7 Å². The Kier molecular flexibility index (Phi) is 6.29. The highest BCUT2D eigenvalue weighted by atomic mass is 19.4. The number of aromatic nitrogens is 2. The summed E-state index contributed by atoms with van der Waals surface area (Å²) in [6.45, 7) is 3.31. The van der Waals surface area contributed by atoms with Gasteiger partial charge in [-0.05, 0) is 56.8 Å². The molecule has 0 aliphatic carbocycles. The average molecular weight is 424 g/mol. The Bertz CT molecular complexity index is 869. The number of hydrogen-bond donors (Lipinski definition) is 1. The molecule has 1 aromatic heterocycles. The summed E-state index contributed by atoms with van der Waals surface area (Å²) in [6.07, 6.45) is -0.843. The number of carbonyl (C=O) groups excluding carboxylic acids is 1. The van der Waals surface area contributed by atoms with Gasteiger partial charge >= 0.3 is 6.18 Å². The molecule has 1 atom stereocenters. The maximum absolute atomic E-state index is 13.5. The van der Waals surface area contributed by atoms with Crippen LogP contribution in [0, 0.1) is 5.92 Å². The summed E-state index contributed by atoms with van der Waals surface area (Å²) >= 11 is 0. The summed E-state index contributed by atoms with van der Waals surface area (Å²) < 4.78 is 47.3. The Balaban J connectivity index is 1.31. The van der Waals surface area contributed by atoms with E-state index in [0.29, 0.717) is 37.2 Å². The number of hydrogen-bond acceptors (Lipinski definition) is 4. The fourth-order valence-electron chi connectivity index (χ4n) is 4.35. The summed E-state index contributed by atoms with van der Waals surface area (Å²) in [6, 6.07) is 6.73. The minimum absolute atomic E-state index is 0.0242. The highest BCUT2D eigenvalue weighted by Crippen LogP contribution is 2.33. The molecule has 6 nitrogen and oxygen atoms in total. The first-order valence-corrected chi connectivity index (χ1v) is 10.5. The highest BCUT2D eigenvalue weighted by molar-refractivity contribution is 5.78. The fourth-order valence-corrected chi connectivity index (χ4v) is 4.35. The van der Waals surface area contributed by atoms with Crippen LogP contribution in [0.3, 0.4) is 0 Å². The largest absolute Gasteiger partial charge is 0.449 e. The molecular formula is C21H27F3N4O2. The topological polar surface area (TPSA) is 59.4 Å². The van der Waals surface area contributed by atoms with Gasteiger partial charge in [0.1, 0.15) is 0 Å². The fraction of sp³-hybridized carbons (Fsp3) is 0.619. The molecule has 164 valence electrons. The van der Waals surface area contributed by atoms with Crippen LogP contribution in [0.4, 0.5) is 13.2 Å². The minimum Gasteiger partial charge on any atom is -0.376 e. The third-order valence-electron chi connectivity index (χ3n) is 5.97. The van der Waals surface area contributed by atoms with E-state index >= 15 is 0 Å². The molecular weight excluding hydrogens is 397 g/mol. The van der Waals surface area contributed by atoms with E-state index < -0.39 is 12.0 Å². The Labute approximate surface area is 173 Å². The number of likely N-dealkylation sites (tertiary alicyclic amines) is 1. The van der Waals surface area contributed by atoms with Crippen molar-refractivity contribution >= 4 is 16.9 Å². The van der Waals surface area contributed by atoms with E-state index in [9.17, 15) is 18.0 Å². The van der Waals surface area contributed by atoms with Crippen molar-refractivity contribution in [1.29, 1.82) is 0 Å². The standard InChI is InChI=1S/C21H27F3N4O2/c22-21(23,24)20-26-17-5-1-2-6-18(17)28(20)13-15-7-9-27(10-8-15)14-19(29)25-12-16-4-3-11-30-16/h1-2,5-6,15-16H,3-4,7-14H2,(H,25,29). The molecule has 30 heavy (non-hydrogen) atoms. The molecule has 3 heterocycles. The van der Waals surface area contributed by atoms with Gasteiger partial charge in [-0.3, -0.25) is 9.69 Å². The number of para-hydroxylation sites is 2. The molecule has 1 N–H and O–H groups in total. The number of halogens is 3. The van der Waals surface area contributed by atoms with Gasteiger partial charge < -0.3 is 14.6 Å². The van der Waals surface area contributed by atoms with Gasteiger partial charge in [0, 0.05) is 19.7 Å². The lowest BCUT2D eigenvalue weighted by Crippen LogP contribution is -2.43. The Hall–Kier alpha value is -2.13. The quantitative estimate of drug-likeness (QED) is 0.775. The van der Waals surface area contributed by atoms with Crippen molar-refractivity contribution in [2.45, 2.75) is 44.5 Å². The van der Waals surface area contributed by atoms with Gasteiger partial charge in [0.25, 0.3) is 0 Å². The molecule has 2 aliphatic rings. The van der Waals surface area contributed by atoms with Gasteiger partial charge in [-0.25, -0.2) is 4.98 Å².